The predicted octanol–water partition coefficient (Wildman–Crippen LogP) is 6.14. The van der Waals surface area contributed by atoms with E-state index >= 15 is 0 Å². The zero-order chi connectivity index (χ0) is 22.7. The molecule has 1 heterocycles. The van der Waals surface area contributed by atoms with Gasteiger partial charge in [-0.2, -0.15) is 15.0 Å². The highest BCUT2D eigenvalue weighted by molar-refractivity contribution is 5.61. The predicted molar refractivity (Wildman–Crippen MR) is 133 cm³/mol. The second-order valence-electron chi connectivity index (χ2n) is 12.1. The summed E-state index contributed by atoms with van der Waals surface area (Å²) in [5.74, 6) is 0.884. The number of nitrogens with one attached hydrogen (secondary N) is 1. The standard InChI is InChI=1S/C29H36N4/c1-21-9-11-22(12-10-21)17-33-31-25(26(32-33)24-7-5-4-6-8-24)16-30-29-15-23-13-27(2,19-29)18-28(3,14-23)20-29/h4-12,23,30H,13-20H2,1-3H3/t23?,27-,28+,29?. The maximum Gasteiger partial charge on any atom is 0.117 e. The van der Waals surface area contributed by atoms with Crippen LogP contribution < -0.4 is 5.32 Å². The Morgan fingerprint density at radius 1 is 0.879 bits per heavy atom. The van der Waals surface area contributed by atoms with Crippen molar-refractivity contribution < 1.29 is 0 Å². The maximum absolute atomic E-state index is 5.00. The van der Waals surface area contributed by atoms with Gasteiger partial charge in [0.15, 0.2) is 0 Å². The average Bonchev–Trinajstić information content (AvgIpc) is 3.15. The molecule has 4 nitrogen and oxygen atoms in total. The van der Waals surface area contributed by atoms with E-state index in [-0.39, 0.29) is 5.54 Å². The van der Waals surface area contributed by atoms with Gasteiger partial charge in [0.25, 0.3) is 0 Å². The lowest BCUT2D eigenvalue weighted by Crippen LogP contribution is -2.63. The van der Waals surface area contributed by atoms with Gasteiger partial charge >= 0.3 is 0 Å². The first-order valence-electron chi connectivity index (χ1n) is 12.6. The van der Waals surface area contributed by atoms with Gasteiger partial charge in [-0.25, -0.2) is 0 Å². The lowest BCUT2D eigenvalue weighted by molar-refractivity contribution is -0.118. The Morgan fingerprint density at radius 3 is 2.24 bits per heavy atom. The molecular formula is C29H36N4. The van der Waals surface area contributed by atoms with Gasteiger partial charge in [-0.3, -0.25) is 0 Å². The first-order valence-corrected chi connectivity index (χ1v) is 12.6. The van der Waals surface area contributed by atoms with Crippen LogP contribution in [-0.2, 0) is 13.1 Å². The molecule has 0 aliphatic heterocycles. The van der Waals surface area contributed by atoms with E-state index in [2.05, 4.69) is 80.7 Å². The van der Waals surface area contributed by atoms with Crippen molar-refractivity contribution >= 4 is 0 Å². The number of aryl methyl sites for hydroxylation is 1. The zero-order valence-corrected chi connectivity index (χ0v) is 20.3. The summed E-state index contributed by atoms with van der Waals surface area (Å²) in [4.78, 5) is 1.88. The van der Waals surface area contributed by atoms with Crippen molar-refractivity contribution in [2.45, 2.75) is 77.9 Å². The van der Waals surface area contributed by atoms with Crippen LogP contribution in [0.2, 0.25) is 0 Å². The van der Waals surface area contributed by atoms with Crippen LogP contribution >= 0.6 is 0 Å². The minimum atomic E-state index is 0.262. The van der Waals surface area contributed by atoms with E-state index in [1.807, 2.05) is 4.80 Å². The van der Waals surface area contributed by atoms with Crippen molar-refractivity contribution in [2.24, 2.45) is 16.7 Å². The Labute approximate surface area is 197 Å². The van der Waals surface area contributed by atoms with E-state index in [1.165, 1.54) is 49.7 Å². The number of hydrogen-bond acceptors (Lipinski definition) is 3. The van der Waals surface area contributed by atoms with Gasteiger partial charge in [0.1, 0.15) is 11.4 Å². The summed E-state index contributed by atoms with van der Waals surface area (Å²) in [5, 5.41) is 14.0. The van der Waals surface area contributed by atoms with Crippen molar-refractivity contribution in [1.29, 1.82) is 0 Å². The zero-order valence-electron chi connectivity index (χ0n) is 20.3. The van der Waals surface area contributed by atoms with Crippen LogP contribution in [0.4, 0.5) is 0 Å². The molecule has 0 radical (unpaired) electrons. The molecule has 4 bridgehead atoms. The summed E-state index contributed by atoms with van der Waals surface area (Å²) >= 11 is 0. The van der Waals surface area contributed by atoms with Crippen LogP contribution in [0, 0.1) is 23.7 Å². The first-order chi connectivity index (χ1) is 15.8. The van der Waals surface area contributed by atoms with E-state index in [4.69, 9.17) is 10.2 Å². The lowest BCUT2D eigenvalue weighted by atomic mass is 9.43. The monoisotopic (exact) mass is 440 g/mol. The number of hydrogen-bond donors (Lipinski definition) is 1. The molecule has 3 aromatic rings. The molecule has 1 N–H and O–H groups in total. The van der Waals surface area contributed by atoms with Crippen molar-refractivity contribution in [3.05, 3.63) is 71.4 Å². The third-order valence-corrected chi connectivity index (χ3v) is 8.47. The Balaban J connectivity index is 1.28. The van der Waals surface area contributed by atoms with E-state index in [9.17, 15) is 0 Å². The van der Waals surface area contributed by atoms with Crippen LogP contribution in [0.5, 0.6) is 0 Å². The maximum atomic E-state index is 5.00. The van der Waals surface area contributed by atoms with Gasteiger partial charge in [0.2, 0.25) is 0 Å². The first kappa shape index (κ1) is 21.1. The Bertz CT molecular complexity index is 1130. The molecule has 4 atom stereocenters. The summed E-state index contributed by atoms with van der Waals surface area (Å²) in [7, 11) is 0. The molecule has 4 saturated carbocycles. The smallest absolute Gasteiger partial charge is 0.117 e. The quantitative estimate of drug-likeness (QED) is 0.501. The number of nitrogens with zero attached hydrogens (tertiary/aromatic N) is 3. The molecule has 1 aromatic heterocycles. The molecule has 4 fully saturated rings. The molecule has 172 valence electrons. The van der Waals surface area contributed by atoms with E-state index in [1.54, 1.807) is 0 Å². The summed E-state index contributed by atoms with van der Waals surface area (Å²) in [6, 6.07) is 19.2. The number of aromatic nitrogens is 3. The van der Waals surface area contributed by atoms with Crippen LogP contribution in [0.3, 0.4) is 0 Å². The number of rotatable bonds is 6. The second kappa shape index (κ2) is 7.53. The highest BCUT2D eigenvalue weighted by atomic mass is 15.5. The SMILES string of the molecule is Cc1ccc(Cn2nc(CNC34CC5C[C@@](C)(C3)C[C@](C)(C5)C4)c(-c3ccccc3)n2)cc1. The highest BCUT2D eigenvalue weighted by Crippen LogP contribution is 2.66. The minimum Gasteiger partial charge on any atom is -0.305 e. The van der Waals surface area contributed by atoms with Gasteiger partial charge in [-0.05, 0) is 67.8 Å². The fourth-order valence-corrected chi connectivity index (χ4v) is 8.17. The highest BCUT2D eigenvalue weighted by Gasteiger charge is 2.59. The molecule has 2 unspecified atom stereocenters. The summed E-state index contributed by atoms with van der Waals surface area (Å²) in [6.07, 6.45) is 8.20. The molecule has 0 spiro atoms. The molecule has 4 aliphatic rings. The molecule has 0 saturated heterocycles. The second-order valence-corrected chi connectivity index (χ2v) is 12.1. The van der Waals surface area contributed by atoms with Gasteiger partial charge in [0.05, 0.1) is 6.54 Å². The van der Waals surface area contributed by atoms with Gasteiger partial charge < -0.3 is 5.32 Å². The molecule has 2 aromatic carbocycles. The average molecular weight is 441 g/mol. The van der Waals surface area contributed by atoms with E-state index in [0.29, 0.717) is 17.4 Å². The molecule has 0 amide bonds. The fourth-order valence-electron chi connectivity index (χ4n) is 8.17. The molecule has 7 rings (SSSR count). The van der Waals surface area contributed by atoms with Gasteiger partial charge in [-0.15, -0.1) is 0 Å². The fraction of sp³-hybridized carbons (Fsp3) is 0.517. The van der Waals surface area contributed by atoms with Crippen LogP contribution in [0.15, 0.2) is 54.6 Å². The lowest BCUT2D eigenvalue weighted by Gasteiger charge is -2.65. The van der Waals surface area contributed by atoms with E-state index < -0.39 is 0 Å². The van der Waals surface area contributed by atoms with Crippen molar-refractivity contribution in [1.82, 2.24) is 20.3 Å². The van der Waals surface area contributed by atoms with Gasteiger partial charge in [-0.1, -0.05) is 74.0 Å². The normalized spacial score (nSPS) is 32.4. The summed E-state index contributed by atoms with van der Waals surface area (Å²) in [6.45, 7) is 8.69. The number of benzene rings is 2. The molecule has 4 heteroatoms. The van der Waals surface area contributed by atoms with Gasteiger partial charge in [0, 0.05) is 17.6 Å². The molecule has 4 aliphatic carbocycles. The summed E-state index contributed by atoms with van der Waals surface area (Å²) in [5.41, 5.74) is 7.01. The largest absolute Gasteiger partial charge is 0.305 e. The third kappa shape index (κ3) is 4.03. The van der Waals surface area contributed by atoms with Crippen molar-refractivity contribution in [2.75, 3.05) is 0 Å². The molecule has 33 heavy (non-hydrogen) atoms. The summed E-state index contributed by atoms with van der Waals surface area (Å²) < 4.78 is 0. The van der Waals surface area contributed by atoms with Crippen LogP contribution in [0.25, 0.3) is 11.3 Å². The molecular weight excluding hydrogens is 404 g/mol. The van der Waals surface area contributed by atoms with Crippen LogP contribution in [0.1, 0.15) is 69.2 Å². The Hall–Kier alpha value is -2.46. The Kier molecular flexibility index (Phi) is 4.81. The Morgan fingerprint density at radius 2 is 1.58 bits per heavy atom. The van der Waals surface area contributed by atoms with Crippen molar-refractivity contribution in [3.8, 4) is 11.3 Å². The third-order valence-electron chi connectivity index (χ3n) is 8.47. The van der Waals surface area contributed by atoms with Crippen molar-refractivity contribution in [3.63, 3.8) is 0 Å². The minimum absolute atomic E-state index is 0.262. The van der Waals surface area contributed by atoms with Crippen LogP contribution in [-0.4, -0.2) is 20.5 Å². The topological polar surface area (TPSA) is 42.7 Å². The van der Waals surface area contributed by atoms with E-state index in [0.717, 1.165) is 29.4 Å².